The molecule has 5 rings (SSSR count). The number of hydrogen-bond donors (Lipinski definition) is 2. The molecule has 0 radical (unpaired) electrons. The van der Waals surface area contributed by atoms with Gasteiger partial charge in [0.25, 0.3) is 0 Å². The third-order valence-electron chi connectivity index (χ3n) is 6.42. The van der Waals surface area contributed by atoms with E-state index >= 15 is 0 Å². The molecule has 0 aliphatic carbocycles. The number of aromatic nitrogens is 6. The van der Waals surface area contributed by atoms with Gasteiger partial charge in [0.1, 0.15) is 48.6 Å². The molecule has 2 heterocycles. The quantitative estimate of drug-likeness (QED) is 0.235. The largest absolute Gasteiger partial charge is 0.381 e. The minimum Gasteiger partial charge on any atom is -0.381 e. The summed E-state index contributed by atoms with van der Waals surface area (Å²) < 4.78 is 36.0. The zero-order chi connectivity index (χ0) is 29.1. The Balaban J connectivity index is 0.000000191. The van der Waals surface area contributed by atoms with E-state index in [0.717, 1.165) is 18.7 Å². The van der Waals surface area contributed by atoms with Crippen LogP contribution in [-0.2, 0) is 23.4 Å². The Morgan fingerprint density at radius 2 is 1.54 bits per heavy atom. The molecule has 9 nitrogen and oxygen atoms in total. The summed E-state index contributed by atoms with van der Waals surface area (Å²) in [6.07, 6.45) is 5.41. The molecule has 3 aromatic carbocycles. The maximum absolute atomic E-state index is 14.1. The number of ether oxygens (including phenoxy) is 1. The molecule has 2 aromatic heterocycles. The number of hydrogen-bond acceptors (Lipinski definition) is 7. The Labute approximate surface area is 237 Å². The Morgan fingerprint density at radius 3 is 2.10 bits per heavy atom. The Hall–Kier alpha value is -4.32. The fourth-order valence-electron chi connectivity index (χ4n) is 4.41. The van der Waals surface area contributed by atoms with Crippen LogP contribution < -0.4 is 5.32 Å². The maximum Gasteiger partial charge on any atom is 0.137 e. The zero-order valence-electron chi connectivity index (χ0n) is 22.9. The van der Waals surface area contributed by atoms with Gasteiger partial charge in [-0.15, -0.1) is 0 Å². The maximum atomic E-state index is 14.1. The molecule has 0 aliphatic heterocycles. The number of likely N-dealkylation sites (N-methyl/N-ethyl adjacent to an activating group) is 1. The predicted molar refractivity (Wildman–Crippen MR) is 150 cm³/mol. The van der Waals surface area contributed by atoms with Crippen molar-refractivity contribution in [2.45, 2.75) is 31.7 Å². The van der Waals surface area contributed by atoms with Gasteiger partial charge in [-0.05, 0) is 36.7 Å². The lowest BCUT2D eigenvalue weighted by molar-refractivity contribution is -0.00856. The highest BCUT2D eigenvalue weighted by atomic mass is 19.1. The lowest BCUT2D eigenvalue weighted by atomic mass is 9.93. The third-order valence-corrected chi connectivity index (χ3v) is 6.42. The minimum absolute atomic E-state index is 0.00995. The van der Waals surface area contributed by atoms with Crippen LogP contribution in [0.1, 0.15) is 28.4 Å². The van der Waals surface area contributed by atoms with Gasteiger partial charge in [-0.1, -0.05) is 60.7 Å². The zero-order valence-corrected chi connectivity index (χ0v) is 22.9. The smallest absolute Gasteiger partial charge is 0.137 e. The van der Waals surface area contributed by atoms with Crippen LogP contribution in [0.3, 0.4) is 0 Å². The van der Waals surface area contributed by atoms with Crippen LogP contribution >= 0.6 is 0 Å². The Bertz CT molecular complexity index is 1430. The molecule has 41 heavy (non-hydrogen) atoms. The van der Waals surface area contributed by atoms with E-state index in [1.807, 2.05) is 13.1 Å². The first-order valence-electron chi connectivity index (χ1n) is 13.1. The number of aliphatic hydroxyl groups is 1. The normalized spacial score (nSPS) is 12.0. The summed E-state index contributed by atoms with van der Waals surface area (Å²) in [6.45, 7) is 3.54. The molecule has 0 bridgehead atoms. The summed E-state index contributed by atoms with van der Waals surface area (Å²) >= 11 is 0. The number of aryl methyl sites for hydroxylation is 1. The average molecular weight is 562 g/mol. The summed E-state index contributed by atoms with van der Waals surface area (Å²) in [5.41, 5.74) is 1.96. The van der Waals surface area contributed by atoms with Gasteiger partial charge >= 0.3 is 0 Å². The monoisotopic (exact) mass is 561 g/mol. The van der Waals surface area contributed by atoms with Gasteiger partial charge in [-0.25, -0.2) is 28.1 Å². The standard InChI is InChI=1S/C17H21NO.C13H12F2N6O/c1-14-8-6-7-11-16(14)17(19-13-12-18-2)15-9-4-3-5-10-15;14-10-1-2-11(12(15)3-10)13(22,4-20-8-16-6-18-20)5-21-9-17-7-19-21/h3-11,17-18H,12-13H2,1-2H3;1-3,6-9,22H,4-5H2. The lowest BCUT2D eigenvalue weighted by Gasteiger charge is -2.28. The second-order valence-corrected chi connectivity index (χ2v) is 9.46. The van der Waals surface area contributed by atoms with E-state index < -0.39 is 17.2 Å². The third kappa shape index (κ3) is 8.10. The molecule has 0 amide bonds. The summed E-state index contributed by atoms with van der Waals surface area (Å²) in [6, 6.07) is 21.8. The SMILES string of the molecule is CNCCOC(c1ccccc1)c1ccccc1C.OC(Cn1cncn1)(Cn1cncn1)c1ccc(F)cc1F. The molecule has 5 aromatic rings. The molecular formula is C30H33F2N7O2. The van der Waals surface area contributed by atoms with E-state index in [4.69, 9.17) is 4.74 Å². The highest BCUT2D eigenvalue weighted by molar-refractivity contribution is 5.35. The van der Waals surface area contributed by atoms with Crippen LogP contribution in [0.25, 0.3) is 0 Å². The van der Waals surface area contributed by atoms with Crippen LogP contribution in [0.2, 0.25) is 0 Å². The predicted octanol–water partition coefficient (Wildman–Crippen LogP) is 4.06. The molecule has 0 saturated carbocycles. The van der Waals surface area contributed by atoms with Crippen molar-refractivity contribution < 1.29 is 18.6 Å². The van der Waals surface area contributed by atoms with Crippen LogP contribution in [0.5, 0.6) is 0 Å². The van der Waals surface area contributed by atoms with Gasteiger partial charge in [0.05, 0.1) is 19.7 Å². The van der Waals surface area contributed by atoms with E-state index in [0.29, 0.717) is 6.61 Å². The Kier molecular flexibility index (Phi) is 10.4. The van der Waals surface area contributed by atoms with E-state index in [2.05, 4.69) is 80.9 Å². The van der Waals surface area contributed by atoms with Gasteiger partial charge in [-0.3, -0.25) is 0 Å². The molecule has 1 unspecified atom stereocenters. The molecule has 11 heteroatoms. The topological polar surface area (TPSA) is 103 Å². The first-order valence-corrected chi connectivity index (χ1v) is 13.1. The lowest BCUT2D eigenvalue weighted by Crippen LogP contribution is -2.37. The molecule has 0 aliphatic rings. The molecule has 214 valence electrons. The van der Waals surface area contributed by atoms with Crippen LogP contribution in [-0.4, -0.2) is 54.8 Å². The highest BCUT2D eigenvalue weighted by Crippen LogP contribution is 2.29. The van der Waals surface area contributed by atoms with Crippen LogP contribution in [0.4, 0.5) is 8.78 Å². The van der Waals surface area contributed by atoms with Gasteiger partial charge in [0.2, 0.25) is 0 Å². The first kappa shape index (κ1) is 29.7. The van der Waals surface area contributed by atoms with Crippen molar-refractivity contribution in [2.24, 2.45) is 0 Å². The molecule has 0 spiro atoms. The fourth-order valence-corrected chi connectivity index (χ4v) is 4.41. The molecule has 1 atom stereocenters. The van der Waals surface area contributed by atoms with E-state index in [1.54, 1.807) is 0 Å². The van der Waals surface area contributed by atoms with Crippen molar-refractivity contribution in [1.29, 1.82) is 0 Å². The van der Waals surface area contributed by atoms with E-state index in [9.17, 15) is 13.9 Å². The second-order valence-electron chi connectivity index (χ2n) is 9.46. The molecule has 2 N–H and O–H groups in total. The molecule has 0 saturated heterocycles. The number of rotatable bonds is 11. The highest BCUT2D eigenvalue weighted by Gasteiger charge is 2.34. The molecular weight excluding hydrogens is 528 g/mol. The summed E-state index contributed by atoms with van der Waals surface area (Å²) in [7, 11) is 1.94. The van der Waals surface area contributed by atoms with Crippen molar-refractivity contribution in [3.05, 3.63) is 132 Å². The van der Waals surface area contributed by atoms with Crippen molar-refractivity contribution in [3.63, 3.8) is 0 Å². The summed E-state index contributed by atoms with van der Waals surface area (Å²) in [5.74, 6) is -1.56. The van der Waals surface area contributed by atoms with Gasteiger partial charge in [-0.2, -0.15) is 10.2 Å². The number of nitrogens with zero attached hydrogens (tertiary/aromatic N) is 6. The van der Waals surface area contributed by atoms with Crippen LogP contribution in [0, 0.1) is 18.6 Å². The number of benzene rings is 3. The fraction of sp³-hybridized carbons (Fsp3) is 0.267. The van der Waals surface area contributed by atoms with E-state index in [1.165, 1.54) is 57.4 Å². The average Bonchev–Trinajstić information content (AvgIpc) is 3.67. The van der Waals surface area contributed by atoms with Gasteiger partial charge < -0.3 is 15.2 Å². The second kappa shape index (κ2) is 14.4. The van der Waals surface area contributed by atoms with Gasteiger partial charge in [0, 0.05) is 18.2 Å². The van der Waals surface area contributed by atoms with Gasteiger partial charge in [0.15, 0.2) is 0 Å². The summed E-state index contributed by atoms with van der Waals surface area (Å²) in [4.78, 5) is 7.57. The van der Waals surface area contributed by atoms with Crippen LogP contribution in [0.15, 0.2) is 98.1 Å². The first-order chi connectivity index (χ1) is 19.9. The molecule has 0 fully saturated rings. The number of halogens is 2. The van der Waals surface area contributed by atoms with E-state index in [-0.39, 0.29) is 24.8 Å². The Morgan fingerprint density at radius 1 is 0.902 bits per heavy atom. The van der Waals surface area contributed by atoms with Crippen molar-refractivity contribution in [3.8, 4) is 0 Å². The van der Waals surface area contributed by atoms with Crippen molar-refractivity contribution in [1.82, 2.24) is 34.8 Å². The van der Waals surface area contributed by atoms with Crippen molar-refractivity contribution >= 4 is 0 Å². The summed E-state index contributed by atoms with van der Waals surface area (Å²) in [5, 5.41) is 21.9. The minimum atomic E-state index is -1.70. The number of nitrogens with one attached hydrogen (secondary N) is 1. The van der Waals surface area contributed by atoms with Crippen molar-refractivity contribution in [2.75, 3.05) is 20.2 Å².